The fourth-order valence-electron chi connectivity index (χ4n) is 5.15. The summed E-state index contributed by atoms with van der Waals surface area (Å²) in [7, 11) is 0. The Morgan fingerprint density at radius 2 is 1.95 bits per heavy atom. The molecule has 0 radical (unpaired) electrons. The minimum atomic E-state index is -1.09. The lowest BCUT2D eigenvalue weighted by atomic mass is 9.94. The number of thiazole rings is 2. The molecule has 8 nitrogen and oxygen atoms in total. The van der Waals surface area contributed by atoms with Crippen LogP contribution in [-0.4, -0.2) is 40.1 Å². The van der Waals surface area contributed by atoms with Crippen molar-refractivity contribution in [1.82, 2.24) is 9.97 Å². The van der Waals surface area contributed by atoms with Crippen LogP contribution in [0.3, 0.4) is 0 Å². The zero-order valence-corrected chi connectivity index (χ0v) is 25.1. The Kier molecular flexibility index (Phi) is 8.35. The number of ether oxygens (including phenoxy) is 1. The van der Waals surface area contributed by atoms with Gasteiger partial charge in [-0.1, -0.05) is 48.6 Å². The number of para-hydroxylation sites is 1. The van der Waals surface area contributed by atoms with Gasteiger partial charge in [-0.05, 0) is 72.7 Å². The molecule has 0 saturated carbocycles. The van der Waals surface area contributed by atoms with E-state index >= 15 is 0 Å². The summed E-state index contributed by atoms with van der Waals surface area (Å²) < 4.78 is 20.9. The van der Waals surface area contributed by atoms with Crippen molar-refractivity contribution in [1.29, 1.82) is 0 Å². The number of carboxylic acid groups (broad SMARTS) is 1. The van der Waals surface area contributed by atoms with Gasteiger partial charge in [0.05, 0.1) is 16.8 Å². The molecule has 2 N–H and O–H groups in total. The van der Waals surface area contributed by atoms with E-state index in [9.17, 15) is 19.1 Å². The highest BCUT2D eigenvalue weighted by Crippen LogP contribution is 2.33. The maximum atomic E-state index is 14.3. The van der Waals surface area contributed by atoms with Crippen molar-refractivity contribution in [2.45, 2.75) is 39.2 Å². The van der Waals surface area contributed by atoms with Gasteiger partial charge in [0.2, 0.25) is 0 Å². The number of benzene rings is 3. The van der Waals surface area contributed by atoms with Crippen molar-refractivity contribution in [3.05, 3.63) is 99.3 Å². The first-order chi connectivity index (χ1) is 20.9. The van der Waals surface area contributed by atoms with E-state index in [2.05, 4.69) is 15.3 Å². The first-order valence-corrected chi connectivity index (χ1v) is 15.7. The van der Waals surface area contributed by atoms with Crippen LogP contribution < -0.4 is 15.0 Å². The summed E-state index contributed by atoms with van der Waals surface area (Å²) in [5.41, 5.74) is 4.29. The van der Waals surface area contributed by atoms with Crippen molar-refractivity contribution >= 4 is 55.0 Å². The largest absolute Gasteiger partial charge is 0.491 e. The molecule has 1 aliphatic rings. The topological polar surface area (TPSA) is 105 Å². The molecular weight excluding hydrogens is 588 g/mol. The number of aryl methyl sites for hydroxylation is 2. The number of hydrogen-bond donors (Lipinski definition) is 2. The van der Waals surface area contributed by atoms with Gasteiger partial charge in [0.1, 0.15) is 0 Å². The van der Waals surface area contributed by atoms with Gasteiger partial charge in [0, 0.05) is 23.5 Å². The molecule has 0 bridgehead atoms. The third-order valence-electron chi connectivity index (χ3n) is 7.40. The molecule has 0 unspecified atom stereocenters. The molecule has 0 saturated heterocycles. The molecule has 1 amide bonds. The van der Waals surface area contributed by atoms with Gasteiger partial charge >= 0.3 is 5.97 Å². The first-order valence-electron chi connectivity index (χ1n) is 14.1. The van der Waals surface area contributed by atoms with Crippen LogP contribution in [0.4, 0.5) is 14.7 Å². The van der Waals surface area contributed by atoms with Crippen molar-refractivity contribution < 1.29 is 23.8 Å². The third-order valence-corrected chi connectivity index (χ3v) is 9.53. The fourth-order valence-corrected chi connectivity index (χ4v) is 7.13. The average Bonchev–Trinajstić information content (AvgIpc) is 3.63. The fraction of sp³-hybridized carbons (Fsp3) is 0.250. The van der Waals surface area contributed by atoms with Gasteiger partial charge in [-0.15, -0.1) is 11.3 Å². The number of rotatable bonds is 10. The molecule has 3 aromatic carbocycles. The highest BCUT2D eigenvalue weighted by atomic mass is 32.1. The normalized spacial score (nSPS) is 12.7. The monoisotopic (exact) mass is 616 g/mol. The number of amides is 1. The van der Waals surface area contributed by atoms with Crippen LogP contribution in [0.25, 0.3) is 10.2 Å². The van der Waals surface area contributed by atoms with Crippen LogP contribution in [0.15, 0.2) is 60.7 Å². The molecule has 6 rings (SSSR count). The average molecular weight is 617 g/mol. The SMILES string of the molecule is CCc1ccc(OCCCc2sc(N3CCc4cccc(C(=O)Nc5nc6ccccc6s5)c4C3)nc2C(=O)O)c(F)c1. The molecular formula is C32H29FN4O4S2. The van der Waals surface area contributed by atoms with Crippen molar-refractivity contribution in [2.24, 2.45) is 0 Å². The van der Waals surface area contributed by atoms with Crippen molar-refractivity contribution in [2.75, 3.05) is 23.4 Å². The van der Waals surface area contributed by atoms with E-state index in [-0.39, 0.29) is 24.0 Å². The van der Waals surface area contributed by atoms with E-state index in [0.717, 1.165) is 33.3 Å². The Morgan fingerprint density at radius 3 is 2.74 bits per heavy atom. The van der Waals surface area contributed by atoms with Crippen LogP contribution in [0.1, 0.15) is 55.8 Å². The lowest BCUT2D eigenvalue weighted by molar-refractivity contribution is 0.0690. The molecule has 43 heavy (non-hydrogen) atoms. The van der Waals surface area contributed by atoms with Gasteiger partial charge in [0.25, 0.3) is 5.91 Å². The van der Waals surface area contributed by atoms with Crippen LogP contribution in [-0.2, 0) is 25.8 Å². The first kappa shape index (κ1) is 28.8. The standard InChI is InChI=1S/C32H29FN4O4S2/c1-2-19-12-13-25(23(33)17-19)41-16-6-11-27-28(30(39)40)35-32(43-27)37-15-14-20-7-5-8-21(22(20)18-37)29(38)36-31-34-24-9-3-4-10-26(24)42-31/h3-5,7-10,12-13,17H,2,6,11,14-16,18H2,1H3,(H,39,40)(H,34,36,38). The molecule has 3 heterocycles. The van der Waals surface area contributed by atoms with Crippen LogP contribution in [0, 0.1) is 5.82 Å². The summed E-state index contributed by atoms with van der Waals surface area (Å²) in [5.74, 6) is -1.53. The second-order valence-corrected chi connectivity index (χ2v) is 12.3. The van der Waals surface area contributed by atoms with E-state index in [4.69, 9.17) is 4.74 Å². The van der Waals surface area contributed by atoms with E-state index in [1.165, 1.54) is 28.7 Å². The molecule has 11 heteroatoms. The zero-order chi connectivity index (χ0) is 29.9. The third kappa shape index (κ3) is 6.23. The number of nitrogens with one attached hydrogen (secondary N) is 1. The minimum Gasteiger partial charge on any atom is -0.491 e. The molecule has 0 spiro atoms. The number of carboxylic acids is 1. The second-order valence-electron chi connectivity index (χ2n) is 10.2. The van der Waals surface area contributed by atoms with Gasteiger partial charge < -0.3 is 14.7 Å². The Hall–Kier alpha value is -4.35. The lowest BCUT2D eigenvalue weighted by Crippen LogP contribution is -2.32. The Bertz CT molecular complexity index is 1790. The molecule has 0 aliphatic carbocycles. The van der Waals surface area contributed by atoms with Gasteiger partial charge in [0.15, 0.2) is 27.5 Å². The number of nitrogens with zero attached hydrogens (tertiary/aromatic N) is 3. The molecule has 5 aromatic rings. The van der Waals surface area contributed by atoms with Crippen LogP contribution in [0.5, 0.6) is 5.75 Å². The summed E-state index contributed by atoms with van der Waals surface area (Å²) in [6.45, 7) is 3.29. The Balaban J connectivity index is 1.15. The Morgan fingerprint density at radius 1 is 1.09 bits per heavy atom. The molecule has 1 aliphatic heterocycles. The highest BCUT2D eigenvalue weighted by molar-refractivity contribution is 7.22. The quantitative estimate of drug-likeness (QED) is 0.163. The zero-order valence-electron chi connectivity index (χ0n) is 23.4. The van der Waals surface area contributed by atoms with Gasteiger partial charge in [-0.3, -0.25) is 10.1 Å². The Labute approximate surface area is 255 Å². The maximum absolute atomic E-state index is 14.3. The van der Waals surface area contributed by atoms with E-state index in [1.54, 1.807) is 12.1 Å². The van der Waals surface area contributed by atoms with Crippen LogP contribution >= 0.6 is 22.7 Å². The second kappa shape index (κ2) is 12.5. The smallest absolute Gasteiger partial charge is 0.355 e. The molecule has 220 valence electrons. The molecule has 0 atom stereocenters. The summed E-state index contributed by atoms with van der Waals surface area (Å²) >= 11 is 2.76. The van der Waals surface area contributed by atoms with Crippen molar-refractivity contribution in [3.63, 3.8) is 0 Å². The van der Waals surface area contributed by atoms with Gasteiger partial charge in [-0.2, -0.15) is 0 Å². The molecule has 0 fully saturated rings. The maximum Gasteiger partial charge on any atom is 0.355 e. The summed E-state index contributed by atoms with van der Waals surface area (Å²) in [5, 5.41) is 13.9. The number of hydrogen-bond acceptors (Lipinski definition) is 8. The molecule has 2 aromatic heterocycles. The number of carbonyl (C=O) groups is 2. The van der Waals surface area contributed by atoms with E-state index < -0.39 is 11.8 Å². The predicted molar refractivity (Wildman–Crippen MR) is 167 cm³/mol. The lowest BCUT2D eigenvalue weighted by Gasteiger charge is -2.29. The summed E-state index contributed by atoms with van der Waals surface area (Å²) in [6.07, 6.45) is 2.39. The number of aromatic carboxylic acids is 1. The summed E-state index contributed by atoms with van der Waals surface area (Å²) in [4.78, 5) is 37.1. The minimum absolute atomic E-state index is 0.0196. The number of aromatic nitrogens is 2. The van der Waals surface area contributed by atoms with E-state index in [1.807, 2.05) is 54.3 Å². The van der Waals surface area contributed by atoms with E-state index in [0.29, 0.717) is 53.1 Å². The number of halogens is 1. The number of fused-ring (bicyclic) bond motifs is 2. The summed E-state index contributed by atoms with van der Waals surface area (Å²) in [6, 6.07) is 18.4. The number of anilines is 2. The highest BCUT2D eigenvalue weighted by Gasteiger charge is 2.26. The number of carbonyl (C=O) groups excluding carboxylic acids is 1. The van der Waals surface area contributed by atoms with Gasteiger partial charge in [-0.25, -0.2) is 19.2 Å². The van der Waals surface area contributed by atoms with Crippen LogP contribution in [0.2, 0.25) is 0 Å². The predicted octanol–water partition coefficient (Wildman–Crippen LogP) is 6.98. The van der Waals surface area contributed by atoms with Crippen molar-refractivity contribution in [3.8, 4) is 5.75 Å².